The molecule has 1 heterocycles. The first kappa shape index (κ1) is 21.3. The zero-order valence-electron chi connectivity index (χ0n) is 15.4. The summed E-state index contributed by atoms with van der Waals surface area (Å²) in [6.07, 6.45) is 1.33. The van der Waals surface area contributed by atoms with E-state index in [1.807, 2.05) is 6.07 Å². The van der Waals surface area contributed by atoms with Crippen molar-refractivity contribution in [3.8, 4) is 6.07 Å². The summed E-state index contributed by atoms with van der Waals surface area (Å²) in [6, 6.07) is 10.4. The number of furan rings is 1. The first-order valence-corrected chi connectivity index (χ1v) is 8.54. The van der Waals surface area contributed by atoms with Crippen LogP contribution < -0.4 is 5.32 Å². The van der Waals surface area contributed by atoms with Crippen molar-refractivity contribution in [3.05, 3.63) is 59.3 Å². The Labute approximate surface area is 162 Å². The molecule has 0 radical (unpaired) electrons. The van der Waals surface area contributed by atoms with Gasteiger partial charge in [0.25, 0.3) is 5.91 Å². The average molecular weight is 388 g/mol. The minimum Gasteiger partial charge on any atom is -0.459 e. The van der Waals surface area contributed by atoms with E-state index in [-0.39, 0.29) is 12.2 Å². The molecule has 2 rings (SSSR count). The van der Waals surface area contributed by atoms with Crippen molar-refractivity contribution in [1.29, 1.82) is 5.26 Å². The van der Waals surface area contributed by atoms with Crippen LogP contribution in [0.3, 0.4) is 0 Å². The number of hydrogen-bond acceptors (Lipinski definition) is 6. The molecule has 0 saturated carbocycles. The molecule has 1 aromatic heterocycles. The molecule has 28 heavy (non-hydrogen) atoms. The van der Waals surface area contributed by atoms with Crippen LogP contribution in [0.4, 0.5) is 10.1 Å². The van der Waals surface area contributed by atoms with Crippen molar-refractivity contribution < 1.29 is 27.8 Å². The molecule has 2 aromatic rings. The van der Waals surface area contributed by atoms with Gasteiger partial charge >= 0.3 is 0 Å². The van der Waals surface area contributed by atoms with Crippen molar-refractivity contribution in [2.45, 2.75) is 6.61 Å². The topological polar surface area (TPSA) is 93.7 Å². The summed E-state index contributed by atoms with van der Waals surface area (Å²) in [4.78, 5) is 12.2. The average Bonchev–Trinajstić information content (AvgIpc) is 3.14. The highest BCUT2D eigenvalue weighted by Gasteiger charge is 2.11. The lowest BCUT2D eigenvalue weighted by molar-refractivity contribution is -0.112. The van der Waals surface area contributed by atoms with Crippen LogP contribution in [0.15, 0.2) is 46.4 Å². The number of anilines is 1. The first-order chi connectivity index (χ1) is 13.6. The van der Waals surface area contributed by atoms with E-state index in [0.29, 0.717) is 43.6 Å². The monoisotopic (exact) mass is 388 g/mol. The van der Waals surface area contributed by atoms with Gasteiger partial charge in [-0.3, -0.25) is 4.79 Å². The highest BCUT2D eigenvalue weighted by Crippen LogP contribution is 2.15. The molecule has 0 aliphatic heterocycles. The van der Waals surface area contributed by atoms with Gasteiger partial charge in [-0.05, 0) is 36.4 Å². The molecular weight excluding hydrogens is 367 g/mol. The molecule has 0 unspecified atom stereocenters. The van der Waals surface area contributed by atoms with Crippen molar-refractivity contribution >= 4 is 17.7 Å². The van der Waals surface area contributed by atoms with E-state index in [1.165, 1.54) is 30.3 Å². The fraction of sp³-hybridized carbons (Fsp3) is 0.300. The molecule has 0 spiro atoms. The molecule has 0 bridgehead atoms. The number of nitrogens with zero attached hydrogens (tertiary/aromatic N) is 1. The van der Waals surface area contributed by atoms with Gasteiger partial charge in [-0.15, -0.1) is 0 Å². The minimum atomic E-state index is -0.614. The summed E-state index contributed by atoms with van der Waals surface area (Å²) in [7, 11) is 1.60. The van der Waals surface area contributed by atoms with Gasteiger partial charge in [-0.2, -0.15) is 5.26 Å². The smallest absolute Gasteiger partial charge is 0.266 e. The molecule has 0 aliphatic rings. The Hall–Kier alpha value is -2.99. The molecule has 7 nitrogen and oxygen atoms in total. The number of methoxy groups -OCH3 is 1. The standard InChI is InChI=1S/C20H21FN2O5/c1-25-8-9-26-10-11-27-14-19-7-6-18(28-19)12-15(13-22)20(24)23-17-4-2-16(21)3-5-17/h2-7,12H,8-11,14H2,1H3,(H,23,24)/b15-12+. The Morgan fingerprint density at radius 3 is 2.57 bits per heavy atom. The summed E-state index contributed by atoms with van der Waals surface area (Å²) in [5.74, 6) is -0.127. The van der Waals surface area contributed by atoms with E-state index >= 15 is 0 Å². The van der Waals surface area contributed by atoms with E-state index < -0.39 is 11.7 Å². The van der Waals surface area contributed by atoms with Crippen LogP contribution in [0.25, 0.3) is 6.08 Å². The molecule has 0 saturated heterocycles. The molecule has 148 valence electrons. The van der Waals surface area contributed by atoms with E-state index in [0.717, 1.165) is 0 Å². The van der Waals surface area contributed by atoms with Gasteiger partial charge in [0.1, 0.15) is 35.6 Å². The van der Waals surface area contributed by atoms with E-state index in [4.69, 9.17) is 18.6 Å². The van der Waals surface area contributed by atoms with E-state index in [9.17, 15) is 14.4 Å². The maximum absolute atomic E-state index is 12.9. The van der Waals surface area contributed by atoms with Crippen LogP contribution in [0.1, 0.15) is 11.5 Å². The van der Waals surface area contributed by atoms with Gasteiger partial charge in [0.2, 0.25) is 0 Å². The Morgan fingerprint density at radius 2 is 1.86 bits per heavy atom. The van der Waals surface area contributed by atoms with Gasteiger partial charge in [0, 0.05) is 18.9 Å². The van der Waals surface area contributed by atoms with Crippen molar-refractivity contribution in [3.63, 3.8) is 0 Å². The lowest BCUT2D eigenvalue weighted by Gasteiger charge is -2.04. The van der Waals surface area contributed by atoms with Gasteiger partial charge < -0.3 is 23.9 Å². The van der Waals surface area contributed by atoms with Crippen LogP contribution >= 0.6 is 0 Å². The van der Waals surface area contributed by atoms with Crippen LogP contribution in [0.2, 0.25) is 0 Å². The summed E-state index contributed by atoms with van der Waals surface area (Å²) in [5.41, 5.74) is 0.242. The number of carbonyl (C=O) groups is 1. The van der Waals surface area contributed by atoms with Crippen LogP contribution in [0, 0.1) is 17.1 Å². The second kappa shape index (κ2) is 11.7. The lowest BCUT2D eigenvalue weighted by Crippen LogP contribution is -2.13. The maximum Gasteiger partial charge on any atom is 0.266 e. The minimum absolute atomic E-state index is 0.141. The normalized spacial score (nSPS) is 11.2. The lowest BCUT2D eigenvalue weighted by atomic mass is 10.2. The molecule has 0 fully saturated rings. The predicted octanol–water partition coefficient (Wildman–Crippen LogP) is 3.14. The molecular formula is C20H21FN2O5. The number of ether oxygens (including phenoxy) is 3. The maximum atomic E-state index is 12.9. The third-order valence-corrected chi connectivity index (χ3v) is 3.48. The summed E-state index contributed by atoms with van der Waals surface area (Å²) in [5, 5.41) is 11.7. The van der Waals surface area contributed by atoms with Gasteiger partial charge in [0.15, 0.2) is 0 Å². The molecule has 0 atom stereocenters. The number of benzene rings is 1. The summed E-state index contributed by atoms with van der Waals surface area (Å²) < 4.78 is 34.0. The number of nitrogens with one attached hydrogen (secondary N) is 1. The Balaban J connectivity index is 1.84. The first-order valence-electron chi connectivity index (χ1n) is 8.54. The Bertz CT molecular complexity index is 824. The Kier molecular flexibility index (Phi) is 8.88. The number of rotatable bonds is 11. The quantitative estimate of drug-likeness (QED) is 0.361. The number of halogens is 1. The van der Waals surface area contributed by atoms with E-state index in [1.54, 1.807) is 19.2 Å². The fourth-order valence-electron chi connectivity index (χ4n) is 2.11. The van der Waals surface area contributed by atoms with Gasteiger partial charge in [-0.25, -0.2) is 4.39 Å². The van der Waals surface area contributed by atoms with Crippen LogP contribution in [0.5, 0.6) is 0 Å². The highest BCUT2D eigenvalue weighted by molar-refractivity contribution is 6.09. The third-order valence-electron chi connectivity index (χ3n) is 3.48. The summed E-state index contributed by atoms with van der Waals surface area (Å²) >= 11 is 0. The van der Waals surface area contributed by atoms with Crippen LogP contribution in [-0.2, 0) is 25.6 Å². The summed E-state index contributed by atoms with van der Waals surface area (Å²) in [6.45, 7) is 2.12. The SMILES string of the molecule is COCCOCCOCc1ccc(/C=C(\C#N)C(=O)Nc2ccc(F)cc2)o1. The van der Waals surface area contributed by atoms with Gasteiger partial charge in [-0.1, -0.05) is 0 Å². The highest BCUT2D eigenvalue weighted by atomic mass is 19.1. The fourth-order valence-corrected chi connectivity index (χ4v) is 2.11. The molecule has 1 amide bonds. The Morgan fingerprint density at radius 1 is 1.14 bits per heavy atom. The second-order valence-corrected chi connectivity index (χ2v) is 5.59. The molecule has 1 N–H and O–H groups in total. The van der Waals surface area contributed by atoms with E-state index in [2.05, 4.69) is 5.32 Å². The molecule has 8 heteroatoms. The number of carbonyl (C=O) groups excluding carboxylic acids is 1. The molecule has 0 aliphatic carbocycles. The number of amides is 1. The molecule has 1 aromatic carbocycles. The number of hydrogen-bond donors (Lipinski definition) is 1. The zero-order chi connectivity index (χ0) is 20.2. The van der Waals surface area contributed by atoms with Gasteiger partial charge in [0.05, 0.1) is 26.4 Å². The van der Waals surface area contributed by atoms with Crippen molar-refractivity contribution in [1.82, 2.24) is 0 Å². The number of nitriles is 1. The third kappa shape index (κ3) is 7.32. The van der Waals surface area contributed by atoms with Crippen LogP contribution in [-0.4, -0.2) is 39.4 Å². The van der Waals surface area contributed by atoms with Crippen molar-refractivity contribution in [2.24, 2.45) is 0 Å². The predicted molar refractivity (Wildman–Crippen MR) is 99.7 cm³/mol. The zero-order valence-corrected chi connectivity index (χ0v) is 15.4. The largest absolute Gasteiger partial charge is 0.459 e. The van der Waals surface area contributed by atoms with Crippen molar-refractivity contribution in [2.75, 3.05) is 38.9 Å². The second-order valence-electron chi connectivity index (χ2n) is 5.59.